The van der Waals surface area contributed by atoms with Crippen LogP contribution in [0.25, 0.3) is 0 Å². The highest BCUT2D eigenvalue weighted by Gasteiger charge is 2.00. The molecule has 0 bridgehead atoms. The number of benzene rings is 1. The zero-order chi connectivity index (χ0) is 14.9. The van der Waals surface area contributed by atoms with E-state index in [4.69, 9.17) is 10.5 Å². The zero-order valence-electron chi connectivity index (χ0n) is 12.6. The van der Waals surface area contributed by atoms with E-state index in [1.54, 1.807) is 7.11 Å². The van der Waals surface area contributed by atoms with Gasteiger partial charge in [-0.2, -0.15) is 0 Å². The third-order valence-electron chi connectivity index (χ3n) is 3.44. The molecule has 21 heavy (non-hydrogen) atoms. The van der Waals surface area contributed by atoms with Crippen LogP contribution in [0.1, 0.15) is 18.4 Å². The molecule has 1 aromatic carbocycles. The lowest BCUT2D eigenvalue weighted by atomic mass is 10.1. The number of aromatic nitrogens is 2. The van der Waals surface area contributed by atoms with Gasteiger partial charge >= 0.3 is 0 Å². The van der Waals surface area contributed by atoms with Crippen LogP contribution >= 0.6 is 0 Å². The molecule has 0 unspecified atom stereocenters. The van der Waals surface area contributed by atoms with Gasteiger partial charge in [-0.15, -0.1) is 0 Å². The van der Waals surface area contributed by atoms with Crippen molar-refractivity contribution in [3.63, 3.8) is 0 Å². The Bertz CT molecular complexity index is 525. The first-order chi connectivity index (χ1) is 10.3. The molecule has 0 saturated heterocycles. The van der Waals surface area contributed by atoms with E-state index in [1.807, 2.05) is 30.9 Å². The van der Waals surface area contributed by atoms with Gasteiger partial charge in [-0.1, -0.05) is 6.07 Å². The van der Waals surface area contributed by atoms with E-state index in [2.05, 4.69) is 20.9 Å². The number of anilines is 1. The van der Waals surface area contributed by atoms with Gasteiger partial charge in [0.1, 0.15) is 5.75 Å². The van der Waals surface area contributed by atoms with Crippen LogP contribution in [0.4, 0.5) is 5.69 Å². The molecule has 0 atom stereocenters. The first kappa shape index (κ1) is 15.4. The molecule has 0 aliphatic heterocycles. The van der Waals surface area contributed by atoms with Crippen molar-refractivity contribution in [1.82, 2.24) is 14.9 Å². The minimum Gasteiger partial charge on any atom is -0.495 e. The summed E-state index contributed by atoms with van der Waals surface area (Å²) in [4.78, 5) is 4.03. The Hall–Kier alpha value is -2.01. The van der Waals surface area contributed by atoms with E-state index in [0.717, 1.165) is 44.6 Å². The van der Waals surface area contributed by atoms with Gasteiger partial charge in [0, 0.05) is 18.9 Å². The standard InChI is InChI=1S/C16H24N4O/c1-21-16-6-5-14(12-15(16)17)4-2-7-18-8-3-10-20-11-9-19-13-20/h5-6,9,11-13,18H,2-4,7-8,10,17H2,1H3. The van der Waals surface area contributed by atoms with Crippen molar-refractivity contribution in [2.45, 2.75) is 25.8 Å². The first-order valence-electron chi connectivity index (χ1n) is 7.38. The van der Waals surface area contributed by atoms with Crippen molar-refractivity contribution in [2.24, 2.45) is 0 Å². The molecule has 114 valence electrons. The van der Waals surface area contributed by atoms with Crippen molar-refractivity contribution in [3.8, 4) is 5.75 Å². The lowest BCUT2D eigenvalue weighted by molar-refractivity contribution is 0.417. The van der Waals surface area contributed by atoms with E-state index < -0.39 is 0 Å². The number of nitrogen functional groups attached to an aromatic ring is 1. The molecule has 0 radical (unpaired) electrons. The summed E-state index contributed by atoms with van der Waals surface area (Å²) in [6, 6.07) is 6.01. The molecule has 2 aromatic rings. The maximum absolute atomic E-state index is 5.90. The van der Waals surface area contributed by atoms with Crippen LogP contribution in [0.3, 0.4) is 0 Å². The number of hydrogen-bond donors (Lipinski definition) is 2. The van der Waals surface area contributed by atoms with E-state index in [0.29, 0.717) is 5.69 Å². The molecule has 1 heterocycles. The predicted molar refractivity (Wildman–Crippen MR) is 85.4 cm³/mol. The average molecular weight is 288 g/mol. The molecule has 2 rings (SSSR count). The number of aryl methyl sites for hydroxylation is 2. The maximum atomic E-state index is 5.90. The van der Waals surface area contributed by atoms with Crippen molar-refractivity contribution < 1.29 is 4.74 Å². The highest BCUT2D eigenvalue weighted by atomic mass is 16.5. The Labute approximate surface area is 126 Å². The molecule has 5 heteroatoms. The number of nitrogens with two attached hydrogens (primary N) is 1. The van der Waals surface area contributed by atoms with E-state index in [1.165, 1.54) is 5.56 Å². The summed E-state index contributed by atoms with van der Waals surface area (Å²) in [5, 5.41) is 3.47. The fraction of sp³-hybridized carbons (Fsp3) is 0.438. The Balaban J connectivity index is 1.56. The van der Waals surface area contributed by atoms with Crippen LogP contribution in [0.2, 0.25) is 0 Å². The Morgan fingerprint density at radius 3 is 2.86 bits per heavy atom. The SMILES string of the molecule is COc1ccc(CCCNCCCn2ccnc2)cc1N. The summed E-state index contributed by atoms with van der Waals surface area (Å²) in [5.74, 6) is 0.747. The normalized spacial score (nSPS) is 10.7. The molecule has 0 aliphatic rings. The molecular weight excluding hydrogens is 264 g/mol. The number of imidazole rings is 1. The van der Waals surface area contributed by atoms with Gasteiger partial charge in [0.25, 0.3) is 0 Å². The largest absolute Gasteiger partial charge is 0.495 e. The topological polar surface area (TPSA) is 65.1 Å². The van der Waals surface area contributed by atoms with Crippen LogP contribution in [0.15, 0.2) is 36.9 Å². The summed E-state index contributed by atoms with van der Waals surface area (Å²) in [5.41, 5.74) is 7.87. The van der Waals surface area contributed by atoms with E-state index >= 15 is 0 Å². The molecule has 5 nitrogen and oxygen atoms in total. The van der Waals surface area contributed by atoms with Crippen molar-refractivity contribution in [1.29, 1.82) is 0 Å². The minimum absolute atomic E-state index is 0.711. The van der Waals surface area contributed by atoms with Gasteiger partial charge in [-0.05, 0) is 50.0 Å². The maximum Gasteiger partial charge on any atom is 0.141 e. The van der Waals surface area contributed by atoms with E-state index in [9.17, 15) is 0 Å². The Morgan fingerprint density at radius 1 is 1.29 bits per heavy atom. The van der Waals surface area contributed by atoms with Gasteiger partial charge < -0.3 is 20.4 Å². The molecular formula is C16H24N4O. The third kappa shape index (κ3) is 5.11. The van der Waals surface area contributed by atoms with Crippen LogP contribution in [-0.2, 0) is 13.0 Å². The summed E-state index contributed by atoms with van der Waals surface area (Å²) in [6.45, 7) is 3.07. The van der Waals surface area contributed by atoms with Gasteiger partial charge in [0.15, 0.2) is 0 Å². The number of methoxy groups -OCH3 is 1. The lowest BCUT2D eigenvalue weighted by Gasteiger charge is -2.08. The smallest absolute Gasteiger partial charge is 0.141 e. The van der Waals surface area contributed by atoms with Crippen molar-refractivity contribution >= 4 is 5.69 Å². The molecule has 1 aromatic heterocycles. The first-order valence-corrected chi connectivity index (χ1v) is 7.38. The monoisotopic (exact) mass is 288 g/mol. The van der Waals surface area contributed by atoms with Gasteiger partial charge in [0.05, 0.1) is 19.1 Å². The summed E-state index contributed by atoms with van der Waals surface area (Å²) >= 11 is 0. The third-order valence-corrected chi connectivity index (χ3v) is 3.44. The van der Waals surface area contributed by atoms with Gasteiger partial charge in [0.2, 0.25) is 0 Å². The summed E-state index contributed by atoms with van der Waals surface area (Å²) < 4.78 is 7.26. The molecule has 0 amide bonds. The fourth-order valence-corrected chi connectivity index (χ4v) is 2.29. The Morgan fingerprint density at radius 2 is 2.14 bits per heavy atom. The Kier molecular flexibility index (Phi) is 6.09. The van der Waals surface area contributed by atoms with Gasteiger partial charge in [-0.25, -0.2) is 4.98 Å². The number of nitrogens with one attached hydrogen (secondary N) is 1. The highest BCUT2D eigenvalue weighted by Crippen LogP contribution is 2.22. The van der Waals surface area contributed by atoms with Gasteiger partial charge in [-0.3, -0.25) is 0 Å². The number of rotatable bonds is 9. The van der Waals surface area contributed by atoms with Crippen LogP contribution in [0, 0.1) is 0 Å². The fourth-order valence-electron chi connectivity index (χ4n) is 2.29. The molecule has 0 saturated carbocycles. The van der Waals surface area contributed by atoms with Crippen molar-refractivity contribution in [2.75, 3.05) is 25.9 Å². The predicted octanol–water partition coefficient (Wildman–Crippen LogP) is 2.09. The number of nitrogens with zero attached hydrogens (tertiary/aromatic N) is 2. The van der Waals surface area contributed by atoms with E-state index in [-0.39, 0.29) is 0 Å². The van der Waals surface area contributed by atoms with Crippen molar-refractivity contribution in [3.05, 3.63) is 42.5 Å². The average Bonchev–Trinajstić information content (AvgIpc) is 3.00. The quantitative estimate of drug-likeness (QED) is 0.548. The second-order valence-corrected chi connectivity index (χ2v) is 5.08. The molecule has 0 aliphatic carbocycles. The van der Waals surface area contributed by atoms with Crippen LogP contribution in [-0.4, -0.2) is 29.8 Å². The molecule has 0 spiro atoms. The van der Waals surface area contributed by atoms with Crippen LogP contribution < -0.4 is 15.8 Å². The minimum atomic E-state index is 0.711. The summed E-state index contributed by atoms with van der Waals surface area (Å²) in [7, 11) is 1.64. The van der Waals surface area contributed by atoms with Crippen LogP contribution in [0.5, 0.6) is 5.75 Å². The molecule has 0 fully saturated rings. The molecule has 3 N–H and O–H groups in total. The second-order valence-electron chi connectivity index (χ2n) is 5.08. The highest BCUT2D eigenvalue weighted by molar-refractivity contribution is 5.54. The second kappa shape index (κ2) is 8.32. The zero-order valence-corrected chi connectivity index (χ0v) is 12.6. The lowest BCUT2D eigenvalue weighted by Crippen LogP contribution is -2.18. The number of ether oxygens (including phenoxy) is 1. The summed E-state index contributed by atoms with van der Waals surface area (Å²) in [6.07, 6.45) is 8.92. The number of hydrogen-bond acceptors (Lipinski definition) is 4.